The summed E-state index contributed by atoms with van der Waals surface area (Å²) in [6.07, 6.45) is 0. The third-order valence-electron chi connectivity index (χ3n) is 2.29. The van der Waals surface area contributed by atoms with Gasteiger partial charge >= 0.3 is 0 Å². The number of aromatic nitrogens is 1. The van der Waals surface area contributed by atoms with Crippen LogP contribution in [0.1, 0.15) is 11.3 Å². The van der Waals surface area contributed by atoms with E-state index in [0.29, 0.717) is 6.54 Å². The summed E-state index contributed by atoms with van der Waals surface area (Å²) >= 11 is 0. The number of hydrogen-bond acceptors (Lipinski definition) is 2. The van der Waals surface area contributed by atoms with Gasteiger partial charge in [0, 0.05) is 17.6 Å². The molecule has 0 aliphatic rings. The predicted molar refractivity (Wildman–Crippen MR) is 54.3 cm³/mol. The second-order valence-corrected chi connectivity index (χ2v) is 3.27. The number of benzene rings is 1. The van der Waals surface area contributed by atoms with Gasteiger partial charge in [0.25, 0.3) is 0 Å². The summed E-state index contributed by atoms with van der Waals surface area (Å²) in [5.74, 6) is -0.244. The Labute approximate surface area is 81.6 Å². The van der Waals surface area contributed by atoms with Crippen LogP contribution in [0.25, 0.3) is 10.9 Å². The van der Waals surface area contributed by atoms with Crippen LogP contribution in [0.15, 0.2) is 24.3 Å². The molecule has 0 amide bonds. The van der Waals surface area contributed by atoms with Gasteiger partial charge in [-0.1, -0.05) is 0 Å². The van der Waals surface area contributed by atoms with Crippen molar-refractivity contribution in [1.29, 1.82) is 0 Å². The van der Waals surface area contributed by atoms with E-state index in [9.17, 15) is 4.39 Å². The molecule has 0 spiro atoms. The zero-order valence-corrected chi connectivity index (χ0v) is 7.92. The van der Waals surface area contributed by atoms with Crippen molar-refractivity contribution in [2.45, 2.75) is 13.5 Å². The number of halogens is 1. The van der Waals surface area contributed by atoms with E-state index in [0.717, 1.165) is 22.2 Å². The summed E-state index contributed by atoms with van der Waals surface area (Å²) in [5, 5.41) is 0.802. The Morgan fingerprint density at radius 2 is 2.14 bits per heavy atom. The van der Waals surface area contributed by atoms with Gasteiger partial charge in [0.05, 0.1) is 5.52 Å². The lowest BCUT2D eigenvalue weighted by atomic mass is 10.1. The van der Waals surface area contributed by atoms with Crippen LogP contribution in [-0.2, 0) is 6.54 Å². The average molecular weight is 190 g/mol. The number of rotatable bonds is 1. The summed E-state index contributed by atoms with van der Waals surface area (Å²) in [5.41, 5.74) is 8.22. The van der Waals surface area contributed by atoms with Crippen molar-refractivity contribution >= 4 is 10.9 Å². The lowest BCUT2D eigenvalue weighted by Crippen LogP contribution is -2.01. The van der Waals surface area contributed by atoms with Gasteiger partial charge in [-0.05, 0) is 36.8 Å². The van der Waals surface area contributed by atoms with E-state index >= 15 is 0 Å². The smallest absolute Gasteiger partial charge is 0.123 e. The lowest BCUT2D eigenvalue weighted by Gasteiger charge is -2.04. The van der Waals surface area contributed by atoms with Crippen LogP contribution < -0.4 is 5.73 Å². The van der Waals surface area contributed by atoms with Gasteiger partial charge < -0.3 is 5.73 Å². The van der Waals surface area contributed by atoms with Gasteiger partial charge in [-0.3, -0.25) is 4.98 Å². The molecular weight excluding hydrogens is 179 g/mol. The largest absolute Gasteiger partial charge is 0.326 e. The average Bonchev–Trinajstić information content (AvgIpc) is 2.17. The van der Waals surface area contributed by atoms with E-state index in [1.807, 2.05) is 13.0 Å². The van der Waals surface area contributed by atoms with Crippen LogP contribution in [0, 0.1) is 12.7 Å². The molecule has 2 N–H and O–H groups in total. The molecule has 3 heteroatoms. The highest BCUT2D eigenvalue weighted by molar-refractivity contribution is 5.79. The van der Waals surface area contributed by atoms with Crippen LogP contribution in [0.4, 0.5) is 4.39 Å². The normalized spacial score (nSPS) is 10.8. The second-order valence-electron chi connectivity index (χ2n) is 3.27. The van der Waals surface area contributed by atoms with Gasteiger partial charge in [0.2, 0.25) is 0 Å². The van der Waals surface area contributed by atoms with Gasteiger partial charge in [-0.15, -0.1) is 0 Å². The summed E-state index contributed by atoms with van der Waals surface area (Å²) in [7, 11) is 0. The van der Waals surface area contributed by atoms with Crippen molar-refractivity contribution < 1.29 is 4.39 Å². The monoisotopic (exact) mass is 190 g/mol. The maximum atomic E-state index is 12.9. The zero-order chi connectivity index (χ0) is 10.1. The first-order valence-corrected chi connectivity index (χ1v) is 4.46. The Kier molecular flexibility index (Phi) is 2.17. The van der Waals surface area contributed by atoms with E-state index in [2.05, 4.69) is 4.98 Å². The Morgan fingerprint density at radius 1 is 1.36 bits per heavy atom. The molecule has 0 atom stereocenters. The molecule has 0 saturated carbocycles. The number of aryl methyl sites for hydroxylation is 1. The van der Waals surface area contributed by atoms with Crippen LogP contribution in [0.3, 0.4) is 0 Å². The van der Waals surface area contributed by atoms with Crippen LogP contribution in [-0.4, -0.2) is 4.98 Å². The first-order chi connectivity index (χ1) is 6.70. The van der Waals surface area contributed by atoms with Crippen molar-refractivity contribution in [1.82, 2.24) is 4.98 Å². The molecule has 0 aliphatic carbocycles. The van der Waals surface area contributed by atoms with Crippen LogP contribution in [0.5, 0.6) is 0 Å². The topological polar surface area (TPSA) is 38.9 Å². The van der Waals surface area contributed by atoms with E-state index < -0.39 is 0 Å². The Morgan fingerprint density at radius 3 is 2.86 bits per heavy atom. The van der Waals surface area contributed by atoms with E-state index in [1.54, 1.807) is 6.07 Å². The molecule has 14 heavy (non-hydrogen) atoms. The minimum atomic E-state index is -0.244. The molecule has 2 nitrogen and oxygen atoms in total. The maximum absolute atomic E-state index is 12.9. The predicted octanol–water partition coefficient (Wildman–Crippen LogP) is 2.14. The fourth-order valence-corrected chi connectivity index (χ4v) is 1.49. The first-order valence-electron chi connectivity index (χ1n) is 4.46. The molecule has 72 valence electrons. The molecule has 1 aromatic carbocycles. The van der Waals surface area contributed by atoms with Gasteiger partial charge in [0.15, 0.2) is 0 Å². The summed E-state index contributed by atoms with van der Waals surface area (Å²) in [6.45, 7) is 2.34. The molecule has 0 unspecified atom stereocenters. The van der Waals surface area contributed by atoms with Crippen molar-refractivity contribution in [2.24, 2.45) is 5.73 Å². The minimum absolute atomic E-state index is 0.244. The highest BCUT2D eigenvalue weighted by Gasteiger charge is 2.02. The van der Waals surface area contributed by atoms with Crippen molar-refractivity contribution in [3.05, 3.63) is 41.3 Å². The van der Waals surface area contributed by atoms with Gasteiger partial charge in [-0.2, -0.15) is 0 Å². The quantitative estimate of drug-likeness (QED) is 0.748. The van der Waals surface area contributed by atoms with Crippen LogP contribution in [0.2, 0.25) is 0 Å². The third kappa shape index (κ3) is 1.46. The standard InChI is InChI=1S/C11H11FN2/c1-7-9(6-13)4-8-5-10(12)2-3-11(8)14-7/h2-5H,6,13H2,1H3. The summed E-state index contributed by atoms with van der Waals surface area (Å²) in [4.78, 5) is 4.34. The minimum Gasteiger partial charge on any atom is -0.326 e. The number of hydrogen-bond donors (Lipinski definition) is 1. The molecule has 0 fully saturated rings. The lowest BCUT2D eigenvalue weighted by molar-refractivity contribution is 0.629. The molecule has 0 aliphatic heterocycles. The Balaban J connectivity index is 2.73. The van der Waals surface area contributed by atoms with E-state index in [4.69, 9.17) is 5.73 Å². The molecule has 2 aromatic rings. The zero-order valence-electron chi connectivity index (χ0n) is 7.92. The number of nitrogens with zero attached hydrogens (tertiary/aromatic N) is 1. The van der Waals surface area contributed by atoms with Crippen molar-refractivity contribution in [3.63, 3.8) is 0 Å². The maximum Gasteiger partial charge on any atom is 0.123 e. The Hall–Kier alpha value is -1.48. The molecule has 2 rings (SSSR count). The van der Waals surface area contributed by atoms with Gasteiger partial charge in [-0.25, -0.2) is 4.39 Å². The highest BCUT2D eigenvalue weighted by Crippen LogP contribution is 2.17. The van der Waals surface area contributed by atoms with Crippen LogP contribution >= 0.6 is 0 Å². The number of fused-ring (bicyclic) bond motifs is 1. The van der Waals surface area contributed by atoms with Gasteiger partial charge in [0.1, 0.15) is 5.82 Å². The third-order valence-corrected chi connectivity index (χ3v) is 2.29. The fraction of sp³-hybridized carbons (Fsp3) is 0.182. The molecule has 0 bridgehead atoms. The summed E-state index contributed by atoms with van der Waals surface area (Å²) < 4.78 is 12.9. The Bertz CT molecular complexity index is 480. The van der Waals surface area contributed by atoms with E-state index in [1.165, 1.54) is 12.1 Å². The SMILES string of the molecule is Cc1nc2ccc(F)cc2cc1CN. The summed E-state index contributed by atoms with van der Waals surface area (Å²) in [6, 6.07) is 6.45. The number of nitrogens with two attached hydrogens (primary N) is 1. The fourth-order valence-electron chi connectivity index (χ4n) is 1.49. The molecule has 1 aromatic heterocycles. The molecule has 0 radical (unpaired) electrons. The first kappa shape index (κ1) is 9.09. The van der Waals surface area contributed by atoms with Crippen molar-refractivity contribution in [2.75, 3.05) is 0 Å². The second kappa shape index (κ2) is 3.35. The van der Waals surface area contributed by atoms with Crippen molar-refractivity contribution in [3.8, 4) is 0 Å². The molecule has 0 saturated heterocycles. The molecular formula is C11H11FN2. The van der Waals surface area contributed by atoms with E-state index in [-0.39, 0.29) is 5.82 Å². The highest BCUT2D eigenvalue weighted by atomic mass is 19.1. The number of pyridine rings is 1. The molecule has 1 heterocycles.